The van der Waals surface area contributed by atoms with Crippen molar-refractivity contribution in [2.24, 2.45) is 0 Å². The highest BCUT2D eigenvalue weighted by Gasteiger charge is 1.77. The van der Waals surface area contributed by atoms with E-state index in [0.717, 1.165) is 5.69 Å². The van der Waals surface area contributed by atoms with Crippen LogP contribution in [0.4, 0.5) is 5.69 Å². The summed E-state index contributed by atoms with van der Waals surface area (Å²) in [7, 11) is 1.91. The van der Waals surface area contributed by atoms with E-state index in [-0.39, 0.29) is 5.78 Å². The number of carbonyl (C=O) groups is 1. The molecule has 12 heavy (non-hydrogen) atoms. The third-order valence-corrected chi connectivity index (χ3v) is 1.06. The lowest BCUT2D eigenvalue weighted by Gasteiger charge is -1.94. The average Bonchev–Trinajstić information content (AvgIpc) is 2.05. The SMILES string of the molecule is CC(C)=O.CNc1ccccc1. The summed E-state index contributed by atoms with van der Waals surface area (Å²) in [5.41, 5.74) is 1.16. The predicted octanol–water partition coefficient (Wildman–Crippen LogP) is 2.32. The number of benzene rings is 1. The molecule has 0 aliphatic heterocycles. The first-order chi connectivity index (χ1) is 5.66. The predicted molar refractivity (Wildman–Crippen MR) is 52.3 cm³/mol. The highest BCUT2D eigenvalue weighted by atomic mass is 16.1. The standard InChI is InChI=1S/C7H9N.C3H6O/c1-8-7-5-3-2-4-6-7;1-3(2)4/h2-6,8H,1H3;1-2H3. The van der Waals surface area contributed by atoms with Gasteiger partial charge in [-0.1, -0.05) is 18.2 Å². The Balaban J connectivity index is 0.000000261. The molecule has 0 atom stereocenters. The summed E-state index contributed by atoms with van der Waals surface area (Å²) in [5.74, 6) is 0.167. The van der Waals surface area contributed by atoms with Gasteiger partial charge in [0.25, 0.3) is 0 Å². The smallest absolute Gasteiger partial charge is 0.126 e. The molecule has 1 rings (SSSR count). The number of carbonyl (C=O) groups excluding carboxylic acids is 1. The van der Waals surface area contributed by atoms with Crippen LogP contribution in [0.1, 0.15) is 13.8 Å². The number of Topliss-reactive ketones (excluding diaryl/α,β-unsaturated/α-hetero) is 1. The Hall–Kier alpha value is -1.31. The summed E-state index contributed by atoms with van der Waals surface area (Å²) in [5, 5.41) is 3.03. The zero-order valence-corrected chi connectivity index (χ0v) is 7.79. The first-order valence-electron chi connectivity index (χ1n) is 3.86. The highest BCUT2D eigenvalue weighted by Crippen LogP contribution is 2.01. The van der Waals surface area contributed by atoms with Crippen LogP contribution in [0.2, 0.25) is 0 Å². The minimum absolute atomic E-state index is 0.167. The maximum atomic E-state index is 9.44. The van der Waals surface area contributed by atoms with Crippen LogP contribution in [0.3, 0.4) is 0 Å². The van der Waals surface area contributed by atoms with Crippen molar-refractivity contribution in [3.8, 4) is 0 Å². The second kappa shape index (κ2) is 6.40. The van der Waals surface area contributed by atoms with Gasteiger partial charge in [-0.3, -0.25) is 0 Å². The number of hydrogen-bond acceptors (Lipinski definition) is 2. The lowest BCUT2D eigenvalue weighted by Crippen LogP contribution is -1.84. The van der Waals surface area contributed by atoms with Gasteiger partial charge in [0.05, 0.1) is 0 Å². The molecule has 66 valence electrons. The van der Waals surface area contributed by atoms with Crippen molar-refractivity contribution in [2.45, 2.75) is 13.8 Å². The number of anilines is 1. The molecule has 2 heteroatoms. The third-order valence-electron chi connectivity index (χ3n) is 1.06. The molecule has 0 fully saturated rings. The van der Waals surface area contributed by atoms with Crippen LogP contribution in [-0.4, -0.2) is 12.8 Å². The summed E-state index contributed by atoms with van der Waals surface area (Å²) >= 11 is 0. The molecule has 0 saturated carbocycles. The molecular weight excluding hydrogens is 150 g/mol. The van der Waals surface area contributed by atoms with Crippen molar-refractivity contribution in [2.75, 3.05) is 12.4 Å². The number of nitrogens with one attached hydrogen (secondary N) is 1. The van der Waals surface area contributed by atoms with E-state index in [0.29, 0.717) is 0 Å². The van der Waals surface area contributed by atoms with Gasteiger partial charge < -0.3 is 10.1 Å². The maximum Gasteiger partial charge on any atom is 0.126 e. The van der Waals surface area contributed by atoms with Crippen LogP contribution in [0.25, 0.3) is 0 Å². The van der Waals surface area contributed by atoms with Crippen LogP contribution in [0.15, 0.2) is 30.3 Å². The summed E-state index contributed by atoms with van der Waals surface area (Å²) < 4.78 is 0. The van der Waals surface area contributed by atoms with E-state index in [1.165, 1.54) is 13.8 Å². The lowest BCUT2D eigenvalue weighted by molar-refractivity contribution is -0.114. The fraction of sp³-hybridized carbons (Fsp3) is 0.300. The fourth-order valence-corrected chi connectivity index (χ4v) is 0.605. The normalized spacial score (nSPS) is 7.92. The molecule has 1 aromatic carbocycles. The van der Waals surface area contributed by atoms with Crippen molar-refractivity contribution in [3.05, 3.63) is 30.3 Å². The zero-order chi connectivity index (χ0) is 9.40. The second-order valence-electron chi connectivity index (χ2n) is 2.52. The lowest BCUT2D eigenvalue weighted by atomic mass is 10.3. The molecule has 1 aromatic rings. The average molecular weight is 165 g/mol. The quantitative estimate of drug-likeness (QED) is 0.692. The molecule has 2 nitrogen and oxygen atoms in total. The van der Waals surface area contributed by atoms with E-state index in [1.807, 2.05) is 37.4 Å². The van der Waals surface area contributed by atoms with Crippen molar-refractivity contribution in [3.63, 3.8) is 0 Å². The molecule has 0 heterocycles. The molecular formula is C10H15NO. The largest absolute Gasteiger partial charge is 0.388 e. The minimum Gasteiger partial charge on any atom is -0.388 e. The van der Waals surface area contributed by atoms with Gasteiger partial charge in [0.1, 0.15) is 5.78 Å². The van der Waals surface area contributed by atoms with E-state index in [2.05, 4.69) is 5.32 Å². The molecule has 0 bridgehead atoms. The number of para-hydroxylation sites is 1. The number of hydrogen-bond donors (Lipinski definition) is 1. The molecule has 0 spiro atoms. The van der Waals surface area contributed by atoms with Crippen LogP contribution in [0.5, 0.6) is 0 Å². The number of ketones is 1. The monoisotopic (exact) mass is 165 g/mol. The summed E-state index contributed by atoms with van der Waals surface area (Å²) in [6.07, 6.45) is 0. The third kappa shape index (κ3) is 6.81. The Labute approximate surface area is 73.6 Å². The van der Waals surface area contributed by atoms with E-state index >= 15 is 0 Å². The Morgan fingerprint density at radius 3 is 1.83 bits per heavy atom. The van der Waals surface area contributed by atoms with Crippen LogP contribution >= 0.6 is 0 Å². The topological polar surface area (TPSA) is 29.1 Å². The first kappa shape index (κ1) is 10.7. The van der Waals surface area contributed by atoms with Crippen LogP contribution in [0, 0.1) is 0 Å². The molecule has 0 amide bonds. The summed E-state index contributed by atoms with van der Waals surface area (Å²) in [4.78, 5) is 9.44. The van der Waals surface area contributed by atoms with Crippen molar-refractivity contribution in [1.82, 2.24) is 0 Å². The van der Waals surface area contributed by atoms with Gasteiger partial charge in [-0.15, -0.1) is 0 Å². The van der Waals surface area contributed by atoms with E-state index in [9.17, 15) is 4.79 Å². The molecule has 1 N–H and O–H groups in total. The Kier molecular flexibility index (Phi) is 5.70. The summed E-state index contributed by atoms with van der Waals surface area (Å²) in [6.45, 7) is 3.06. The second-order valence-corrected chi connectivity index (χ2v) is 2.52. The van der Waals surface area contributed by atoms with Gasteiger partial charge in [-0.05, 0) is 26.0 Å². The van der Waals surface area contributed by atoms with Crippen molar-refractivity contribution >= 4 is 11.5 Å². The first-order valence-corrected chi connectivity index (χ1v) is 3.86. The van der Waals surface area contributed by atoms with E-state index < -0.39 is 0 Å². The van der Waals surface area contributed by atoms with Gasteiger partial charge in [-0.2, -0.15) is 0 Å². The Bertz CT molecular complexity index is 215. The molecule has 0 unspecified atom stereocenters. The number of rotatable bonds is 1. The van der Waals surface area contributed by atoms with Crippen molar-refractivity contribution < 1.29 is 4.79 Å². The molecule has 0 aliphatic rings. The van der Waals surface area contributed by atoms with E-state index in [1.54, 1.807) is 0 Å². The molecule has 0 radical (unpaired) electrons. The Morgan fingerprint density at radius 2 is 1.58 bits per heavy atom. The van der Waals surface area contributed by atoms with Gasteiger partial charge in [0.2, 0.25) is 0 Å². The maximum absolute atomic E-state index is 9.44. The van der Waals surface area contributed by atoms with E-state index in [4.69, 9.17) is 0 Å². The highest BCUT2D eigenvalue weighted by molar-refractivity contribution is 5.72. The molecule has 0 saturated heterocycles. The zero-order valence-electron chi connectivity index (χ0n) is 7.79. The fourth-order valence-electron chi connectivity index (χ4n) is 0.605. The molecule has 0 aliphatic carbocycles. The minimum atomic E-state index is 0.167. The summed E-state index contributed by atoms with van der Waals surface area (Å²) in [6, 6.07) is 10.1. The van der Waals surface area contributed by atoms with Gasteiger partial charge in [0.15, 0.2) is 0 Å². The van der Waals surface area contributed by atoms with Crippen molar-refractivity contribution in [1.29, 1.82) is 0 Å². The van der Waals surface area contributed by atoms with Crippen LogP contribution in [-0.2, 0) is 4.79 Å². The van der Waals surface area contributed by atoms with Crippen LogP contribution < -0.4 is 5.32 Å². The van der Waals surface area contributed by atoms with Gasteiger partial charge in [-0.25, -0.2) is 0 Å². The van der Waals surface area contributed by atoms with Gasteiger partial charge in [0, 0.05) is 12.7 Å². The Morgan fingerprint density at radius 1 is 1.17 bits per heavy atom. The molecule has 0 aromatic heterocycles. The van der Waals surface area contributed by atoms with Gasteiger partial charge >= 0.3 is 0 Å².